The Labute approximate surface area is 245 Å². The van der Waals surface area contributed by atoms with Crippen molar-refractivity contribution in [3.63, 3.8) is 0 Å². The van der Waals surface area contributed by atoms with Gasteiger partial charge in [-0.3, -0.25) is 14.3 Å². The fourth-order valence-corrected chi connectivity index (χ4v) is 5.52. The first kappa shape index (κ1) is 27.7. The number of nitrogens with zero attached hydrogens (tertiary/aromatic N) is 7. The van der Waals surface area contributed by atoms with Crippen LogP contribution in [-0.2, 0) is 20.0 Å². The van der Waals surface area contributed by atoms with Crippen molar-refractivity contribution in [3.8, 4) is 22.5 Å². The fourth-order valence-electron chi connectivity index (χ4n) is 5.52. The molecule has 0 radical (unpaired) electrons. The number of hydrogen-bond acceptors (Lipinski definition) is 8. The minimum Gasteiger partial charge on any atom is -0.334 e. The number of piperidine rings is 1. The third-order valence-corrected chi connectivity index (χ3v) is 7.94. The molecule has 0 amide bonds. The van der Waals surface area contributed by atoms with Crippen molar-refractivity contribution in [2.45, 2.75) is 25.8 Å². The molecule has 1 saturated heterocycles. The molecule has 0 spiro atoms. The van der Waals surface area contributed by atoms with E-state index in [4.69, 9.17) is 4.98 Å². The van der Waals surface area contributed by atoms with Crippen LogP contribution in [0.15, 0.2) is 72.2 Å². The first-order valence-electron chi connectivity index (χ1n) is 14.5. The number of nitrogens with one attached hydrogen (secondary N) is 2. The number of aryl methyl sites for hydroxylation is 1. The average molecular weight is 564 g/mol. The zero-order chi connectivity index (χ0) is 29.1. The maximum atomic E-state index is 13.8. The molecular weight excluding hydrogens is 526 g/mol. The van der Waals surface area contributed by atoms with Gasteiger partial charge in [-0.1, -0.05) is 12.1 Å². The fraction of sp³-hybridized carbons (Fsp3) is 0.344. The van der Waals surface area contributed by atoms with E-state index in [2.05, 4.69) is 54.8 Å². The molecule has 10 nitrogen and oxygen atoms in total. The number of hydrogen-bond donors (Lipinski definition) is 2. The van der Waals surface area contributed by atoms with E-state index >= 15 is 0 Å². The summed E-state index contributed by atoms with van der Waals surface area (Å²) in [5.74, 6) is 1.20. The molecule has 0 aliphatic carbocycles. The molecule has 4 aromatic heterocycles. The maximum absolute atomic E-state index is 13.8. The molecule has 5 aromatic rings. The number of benzene rings is 1. The van der Waals surface area contributed by atoms with Gasteiger partial charge in [0.2, 0.25) is 5.95 Å². The Bertz CT molecular complexity index is 1720. The van der Waals surface area contributed by atoms with Gasteiger partial charge >= 0.3 is 0 Å². The van der Waals surface area contributed by atoms with Crippen LogP contribution in [0.2, 0.25) is 0 Å². The Balaban J connectivity index is 1.28. The molecule has 0 atom stereocenters. The van der Waals surface area contributed by atoms with Crippen LogP contribution in [0, 0.1) is 5.92 Å². The van der Waals surface area contributed by atoms with Crippen molar-refractivity contribution in [1.82, 2.24) is 39.3 Å². The van der Waals surface area contributed by atoms with Gasteiger partial charge in [0, 0.05) is 49.2 Å². The van der Waals surface area contributed by atoms with Gasteiger partial charge in [-0.05, 0) is 88.3 Å². The van der Waals surface area contributed by atoms with Gasteiger partial charge in [-0.2, -0.15) is 4.98 Å². The van der Waals surface area contributed by atoms with Gasteiger partial charge in [0.05, 0.1) is 29.5 Å². The van der Waals surface area contributed by atoms with Crippen molar-refractivity contribution >= 4 is 22.7 Å². The lowest BCUT2D eigenvalue weighted by Gasteiger charge is -2.22. The summed E-state index contributed by atoms with van der Waals surface area (Å²) in [5.41, 5.74) is 5.75. The molecule has 10 heteroatoms. The van der Waals surface area contributed by atoms with Crippen LogP contribution < -0.4 is 16.2 Å². The lowest BCUT2D eigenvalue weighted by molar-refractivity contribution is 0.372. The highest BCUT2D eigenvalue weighted by atomic mass is 16.1. The summed E-state index contributed by atoms with van der Waals surface area (Å²) in [6.45, 7) is 3.40. The Morgan fingerprint density at radius 1 is 1.02 bits per heavy atom. The standard InChI is InChI=1S/C32H37N9O/c1-39(2)14-15-41-30-25(17-27(31(41)42)28-9-6-24(18-35-28)29-20-34-21-40(29)3)19-36-32(38-30)37-26-7-4-22(5-8-26)16-23-10-12-33-13-11-23/h4-9,17-21,23,33H,10-16H2,1-3H3,(H,36,37,38). The first-order chi connectivity index (χ1) is 20.4. The van der Waals surface area contributed by atoms with Crippen molar-refractivity contribution in [1.29, 1.82) is 0 Å². The number of aromatic nitrogens is 6. The maximum Gasteiger partial charge on any atom is 0.261 e. The predicted octanol–water partition coefficient (Wildman–Crippen LogP) is 4.10. The van der Waals surface area contributed by atoms with Gasteiger partial charge < -0.3 is 20.1 Å². The summed E-state index contributed by atoms with van der Waals surface area (Å²) in [4.78, 5) is 34.1. The normalized spacial score (nSPS) is 14.1. The molecule has 1 aliphatic rings. The Morgan fingerprint density at radius 3 is 2.52 bits per heavy atom. The summed E-state index contributed by atoms with van der Waals surface area (Å²) < 4.78 is 3.67. The topological polar surface area (TPSA) is 106 Å². The quantitative estimate of drug-likeness (QED) is 0.276. The largest absolute Gasteiger partial charge is 0.334 e. The molecule has 1 fully saturated rings. The van der Waals surface area contributed by atoms with Crippen molar-refractivity contribution in [2.24, 2.45) is 13.0 Å². The lowest BCUT2D eigenvalue weighted by atomic mass is 9.91. The van der Waals surface area contributed by atoms with Crippen LogP contribution in [0.3, 0.4) is 0 Å². The predicted molar refractivity (Wildman–Crippen MR) is 167 cm³/mol. The van der Waals surface area contributed by atoms with Crippen molar-refractivity contribution in [2.75, 3.05) is 39.0 Å². The van der Waals surface area contributed by atoms with Crippen molar-refractivity contribution < 1.29 is 0 Å². The van der Waals surface area contributed by atoms with Crippen LogP contribution in [0.25, 0.3) is 33.5 Å². The molecular formula is C32H37N9O. The molecule has 1 aliphatic heterocycles. The smallest absolute Gasteiger partial charge is 0.261 e. The second kappa shape index (κ2) is 12.2. The number of rotatable bonds is 9. The van der Waals surface area contributed by atoms with Gasteiger partial charge in [-0.15, -0.1) is 0 Å². The van der Waals surface area contributed by atoms with Gasteiger partial charge in [-0.25, -0.2) is 9.97 Å². The second-order valence-corrected chi connectivity index (χ2v) is 11.3. The molecule has 0 bridgehead atoms. The molecule has 1 aromatic carbocycles. The van der Waals surface area contributed by atoms with E-state index in [0.717, 1.165) is 47.8 Å². The third-order valence-electron chi connectivity index (χ3n) is 7.94. The zero-order valence-electron chi connectivity index (χ0n) is 24.4. The van der Waals surface area contributed by atoms with Crippen LogP contribution in [0.1, 0.15) is 18.4 Å². The average Bonchev–Trinajstić information content (AvgIpc) is 3.44. The highest BCUT2D eigenvalue weighted by Crippen LogP contribution is 2.24. The minimum atomic E-state index is -0.128. The monoisotopic (exact) mass is 563 g/mol. The number of imidazole rings is 1. The molecule has 0 unspecified atom stereocenters. The van der Waals surface area contributed by atoms with E-state index in [1.165, 1.54) is 18.4 Å². The SMILES string of the molecule is CN(C)CCn1c(=O)c(-c2ccc(-c3cncn3C)cn2)cc2cnc(Nc3ccc(CC4CCNCC4)cc3)nc21. The minimum absolute atomic E-state index is 0.128. The lowest BCUT2D eigenvalue weighted by Crippen LogP contribution is -2.28. The highest BCUT2D eigenvalue weighted by molar-refractivity contribution is 5.81. The highest BCUT2D eigenvalue weighted by Gasteiger charge is 2.16. The summed E-state index contributed by atoms with van der Waals surface area (Å²) in [6.07, 6.45) is 10.7. The summed E-state index contributed by atoms with van der Waals surface area (Å²) in [7, 11) is 5.93. The van der Waals surface area contributed by atoms with E-state index < -0.39 is 0 Å². The van der Waals surface area contributed by atoms with E-state index in [1.807, 2.05) is 43.9 Å². The van der Waals surface area contributed by atoms with Crippen LogP contribution >= 0.6 is 0 Å². The third kappa shape index (κ3) is 6.09. The molecule has 2 N–H and O–H groups in total. The first-order valence-corrected chi connectivity index (χ1v) is 14.5. The van der Waals surface area contributed by atoms with E-state index in [9.17, 15) is 4.79 Å². The zero-order valence-corrected chi connectivity index (χ0v) is 24.4. The van der Waals surface area contributed by atoms with Crippen LogP contribution in [0.5, 0.6) is 0 Å². The Morgan fingerprint density at radius 2 is 1.83 bits per heavy atom. The van der Waals surface area contributed by atoms with E-state index in [-0.39, 0.29) is 5.56 Å². The van der Waals surface area contributed by atoms with Crippen LogP contribution in [0.4, 0.5) is 11.6 Å². The van der Waals surface area contributed by atoms with Gasteiger partial charge in [0.1, 0.15) is 5.65 Å². The molecule has 6 rings (SSSR count). The summed E-state index contributed by atoms with van der Waals surface area (Å²) >= 11 is 0. The molecule has 42 heavy (non-hydrogen) atoms. The van der Waals surface area contributed by atoms with E-state index in [1.54, 1.807) is 29.5 Å². The summed E-state index contributed by atoms with van der Waals surface area (Å²) in [5, 5.41) is 7.55. The van der Waals surface area contributed by atoms with Crippen molar-refractivity contribution in [3.05, 3.63) is 83.3 Å². The number of anilines is 2. The van der Waals surface area contributed by atoms with E-state index in [0.29, 0.717) is 35.9 Å². The van der Waals surface area contributed by atoms with Gasteiger partial charge in [0.25, 0.3) is 5.56 Å². The molecule has 0 saturated carbocycles. The molecule has 5 heterocycles. The summed E-state index contributed by atoms with van der Waals surface area (Å²) in [6, 6.07) is 14.2. The second-order valence-electron chi connectivity index (χ2n) is 11.3. The Hall–Kier alpha value is -4.41. The number of likely N-dealkylation sites (N-methyl/N-ethyl adjacent to an activating group) is 1. The Kier molecular flexibility index (Phi) is 8.07. The number of pyridine rings is 2. The van der Waals surface area contributed by atoms with Gasteiger partial charge in [0.15, 0.2) is 0 Å². The van der Waals surface area contributed by atoms with Crippen LogP contribution in [-0.4, -0.2) is 67.7 Å². The molecule has 216 valence electrons. The number of fused-ring (bicyclic) bond motifs is 1.